The van der Waals surface area contributed by atoms with Crippen molar-refractivity contribution < 1.29 is 14.1 Å². The van der Waals surface area contributed by atoms with E-state index < -0.39 is 0 Å². The number of carbonyl (C=O) groups excluding carboxylic acids is 1. The topological polar surface area (TPSA) is 86.3 Å². The highest BCUT2D eigenvalue weighted by molar-refractivity contribution is 5.77. The van der Waals surface area contributed by atoms with Crippen molar-refractivity contribution >= 4 is 5.91 Å². The second-order valence-electron chi connectivity index (χ2n) is 6.49. The smallest absolute Gasteiger partial charge is 0.251 e. The molecular formula is C19H21N5O3. The number of hydrogen-bond donors (Lipinski definition) is 0. The average molecular weight is 367 g/mol. The number of rotatable bonds is 5. The third-order valence-corrected chi connectivity index (χ3v) is 4.56. The van der Waals surface area contributed by atoms with E-state index in [1.807, 2.05) is 41.2 Å². The molecule has 0 N–H and O–H groups in total. The molecule has 3 aromatic rings. The Morgan fingerprint density at radius 2 is 2.15 bits per heavy atom. The number of aromatic nitrogens is 4. The first-order valence-electron chi connectivity index (χ1n) is 8.97. The Balaban J connectivity index is 1.40. The van der Waals surface area contributed by atoms with Crippen LogP contribution in [0.4, 0.5) is 0 Å². The van der Waals surface area contributed by atoms with Gasteiger partial charge in [0.15, 0.2) is 5.82 Å². The van der Waals surface area contributed by atoms with E-state index in [1.165, 1.54) is 0 Å². The first-order chi connectivity index (χ1) is 13.2. The predicted octanol–water partition coefficient (Wildman–Crippen LogP) is 2.10. The monoisotopic (exact) mass is 367 g/mol. The molecule has 1 aliphatic heterocycles. The van der Waals surface area contributed by atoms with E-state index in [4.69, 9.17) is 9.26 Å². The Labute approximate surface area is 156 Å². The number of nitrogens with zero attached hydrogens (tertiary/aromatic N) is 5. The van der Waals surface area contributed by atoms with Crippen LogP contribution in [0, 0.1) is 6.92 Å². The molecule has 1 amide bonds. The Hall–Kier alpha value is -3.00. The van der Waals surface area contributed by atoms with E-state index in [2.05, 4.69) is 15.2 Å². The number of aryl methyl sites for hydroxylation is 2. The van der Waals surface area contributed by atoms with Crippen molar-refractivity contribution in [1.29, 1.82) is 0 Å². The van der Waals surface area contributed by atoms with Crippen LogP contribution in [-0.4, -0.2) is 50.5 Å². The Kier molecular flexibility index (Phi) is 4.97. The van der Waals surface area contributed by atoms with Gasteiger partial charge in [0.05, 0.1) is 25.1 Å². The molecular weight excluding hydrogens is 346 g/mol. The van der Waals surface area contributed by atoms with Gasteiger partial charge in [-0.3, -0.25) is 4.79 Å². The number of carbonyl (C=O) groups is 1. The standard InChI is InChI=1S/C19H21N5O3/c1-14-21-19(27-22-14)17-13-26-10-9-23(17)18(25)8-7-15-11-20-24(12-15)16-5-3-2-4-6-16/h2-6,11-12,17H,7-10,13H2,1H3. The van der Waals surface area contributed by atoms with Gasteiger partial charge in [0.1, 0.15) is 6.04 Å². The van der Waals surface area contributed by atoms with E-state index in [9.17, 15) is 4.79 Å². The highest BCUT2D eigenvalue weighted by Crippen LogP contribution is 2.24. The average Bonchev–Trinajstić information content (AvgIpc) is 3.36. The van der Waals surface area contributed by atoms with E-state index >= 15 is 0 Å². The Bertz CT molecular complexity index is 905. The number of ether oxygens (including phenoxy) is 1. The van der Waals surface area contributed by atoms with Crippen LogP contribution in [-0.2, 0) is 16.0 Å². The minimum absolute atomic E-state index is 0.0478. The van der Waals surface area contributed by atoms with Crippen LogP contribution in [0.3, 0.4) is 0 Å². The Morgan fingerprint density at radius 3 is 2.93 bits per heavy atom. The van der Waals surface area contributed by atoms with Gasteiger partial charge in [-0.05, 0) is 31.0 Å². The molecule has 2 aromatic heterocycles. The third-order valence-electron chi connectivity index (χ3n) is 4.56. The summed E-state index contributed by atoms with van der Waals surface area (Å²) in [7, 11) is 0. The van der Waals surface area contributed by atoms with Gasteiger partial charge in [0.2, 0.25) is 5.91 Å². The zero-order chi connectivity index (χ0) is 18.6. The van der Waals surface area contributed by atoms with Crippen LogP contribution in [0.5, 0.6) is 0 Å². The summed E-state index contributed by atoms with van der Waals surface area (Å²) in [5.74, 6) is 1.03. The van der Waals surface area contributed by atoms with Crippen LogP contribution < -0.4 is 0 Å². The highest BCUT2D eigenvalue weighted by atomic mass is 16.5. The molecule has 8 nitrogen and oxygen atoms in total. The van der Waals surface area contributed by atoms with Crippen molar-refractivity contribution in [2.24, 2.45) is 0 Å². The summed E-state index contributed by atoms with van der Waals surface area (Å²) in [6, 6.07) is 9.57. The van der Waals surface area contributed by atoms with Crippen LogP contribution in [0.1, 0.15) is 29.7 Å². The molecule has 1 unspecified atom stereocenters. The number of amides is 1. The summed E-state index contributed by atoms with van der Waals surface area (Å²) in [5.41, 5.74) is 2.01. The van der Waals surface area contributed by atoms with Crippen molar-refractivity contribution in [3.63, 3.8) is 0 Å². The van der Waals surface area contributed by atoms with Crippen molar-refractivity contribution in [2.45, 2.75) is 25.8 Å². The number of para-hydroxylation sites is 1. The lowest BCUT2D eigenvalue weighted by Gasteiger charge is -2.33. The Morgan fingerprint density at radius 1 is 1.30 bits per heavy atom. The van der Waals surface area contributed by atoms with Crippen molar-refractivity contribution in [1.82, 2.24) is 24.8 Å². The van der Waals surface area contributed by atoms with Gasteiger partial charge in [-0.2, -0.15) is 10.1 Å². The number of hydrogen-bond acceptors (Lipinski definition) is 6. The van der Waals surface area contributed by atoms with Crippen molar-refractivity contribution in [3.05, 3.63) is 60.0 Å². The summed E-state index contributed by atoms with van der Waals surface area (Å²) in [5, 5.41) is 8.20. The van der Waals surface area contributed by atoms with E-state index in [0.717, 1.165) is 11.3 Å². The fourth-order valence-electron chi connectivity index (χ4n) is 3.16. The predicted molar refractivity (Wildman–Crippen MR) is 96.2 cm³/mol. The molecule has 1 aliphatic rings. The fraction of sp³-hybridized carbons (Fsp3) is 0.368. The van der Waals surface area contributed by atoms with Gasteiger partial charge in [-0.15, -0.1) is 0 Å². The molecule has 27 heavy (non-hydrogen) atoms. The van der Waals surface area contributed by atoms with E-state index in [1.54, 1.807) is 18.0 Å². The number of morpholine rings is 1. The summed E-state index contributed by atoms with van der Waals surface area (Å²) in [6.07, 6.45) is 4.78. The lowest BCUT2D eigenvalue weighted by molar-refractivity contribution is -0.141. The molecule has 0 aliphatic carbocycles. The lowest BCUT2D eigenvalue weighted by Crippen LogP contribution is -2.43. The van der Waals surface area contributed by atoms with E-state index in [-0.39, 0.29) is 11.9 Å². The maximum atomic E-state index is 12.8. The second-order valence-corrected chi connectivity index (χ2v) is 6.49. The molecule has 8 heteroatoms. The third kappa shape index (κ3) is 3.90. The van der Waals surface area contributed by atoms with Crippen LogP contribution in [0.15, 0.2) is 47.2 Å². The quantitative estimate of drug-likeness (QED) is 0.686. The molecule has 1 saturated heterocycles. The first kappa shape index (κ1) is 17.4. The van der Waals surface area contributed by atoms with Crippen LogP contribution >= 0.6 is 0 Å². The summed E-state index contributed by atoms with van der Waals surface area (Å²) < 4.78 is 12.6. The summed E-state index contributed by atoms with van der Waals surface area (Å²) in [4.78, 5) is 18.8. The molecule has 1 atom stereocenters. The second kappa shape index (κ2) is 7.71. The molecule has 0 saturated carbocycles. The fourth-order valence-corrected chi connectivity index (χ4v) is 3.16. The molecule has 1 fully saturated rings. The van der Waals surface area contributed by atoms with Crippen LogP contribution in [0.2, 0.25) is 0 Å². The molecule has 4 rings (SSSR count). The summed E-state index contributed by atoms with van der Waals surface area (Å²) >= 11 is 0. The maximum absolute atomic E-state index is 12.8. The van der Waals surface area contributed by atoms with Crippen molar-refractivity contribution in [3.8, 4) is 5.69 Å². The largest absolute Gasteiger partial charge is 0.377 e. The molecule has 140 valence electrons. The van der Waals surface area contributed by atoms with Gasteiger partial charge in [0, 0.05) is 19.2 Å². The van der Waals surface area contributed by atoms with E-state index in [0.29, 0.717) is 44.3 Å². The minimum Gasteiger partial charge on any atom is -0.377 e. The van der Waals surface area contributed by atoms with Gasteiger partial charge in [0.25, 0.3) is 5.89 Å². The molecule has 1 aromatic carbocycles. The highest BCUT2D eigenvalue weighted by Gasteiger charge is 2.32. The first-order valence-corrected chi connectivity index (χ1v) is 8.97. The van der Waals surface area contributed by atoms with Gasteiger partial charge >= 0.3 is 0 Å². The minimum atomic E-state index is -0.320. The normalized spacial score (nSPS) is 17.2. The zero-order valence-corrected chi connectivity index (χ0v) is 15.1. The lowest BCUT2D eigenvalue weighted by atomic mass is 10.1. The molecule has 0 spiro atoms. The SMILES string of the molecule is Cc1noc(C2COCCN2C(=O)CCc2cnn(-c3ccccc3)c2)n1. The maximum Gasteiger partial charge on any atom is 0.251 e. The van der Waals surface area contributed by atoms with Gasteiger partial charge in [-0.1, -0.05) is 23.4 Å². The summed E-state index contributed by atoms with van der Waals surface area (Å²) in [6.45, 7) is 3.17. The van der Waals surface area contributed by atoms with Crippen LogP contribution in [0.25, 0.3) is 5.69 Å². The molecule has 3 heterocycles. The number of benzene rings is 1. The van der Waals surface area contributed by atoms with Gasteiger partial charge in [-0.25, -0.2) is 4.68 Å². The van der Waals surface area contributed by atoms with Crippen molar-refractivity contribution in [2.75, 3.05) is 19.8 Å². The molecule has 0 radical (unpaired) electrons. The zero-order valence-electron chi connectivity index (χ0n) is 15.1. The van der Waals surface area contributed by atoms with Gasteiger partial charge < -0.3 is 14.2 Å². The molecule has 0 bridgehead atoms.